The first kappa shape index (κ1) is 13.9. The van der Waals surface area contributed by atoms with Gasteiger partial charge in [0.15, 0.2) is 0 Å². The van der Waals surface area contributed by atoms with E-state index < -0.39 is 0 Å². The minimum Gasteiger partial charge on any atom is -0.369 e. The number of fused-ring (bicyclic) bond motifs is 1. The molecule has 0 amide bonds. The van der Waals surface area contributed by atoms with E-state index >= 15 is 0 Å². The summed E-state index contributed by atoms with van der Waals surface area (Å²) < 4.78 is 1.88. The van der Waals surface area contributed by atoms with Crippen molar-refractivity contribution < 1.29 is 0 Å². The molecule has 0 N–H and O–H groups in total. The maximum atomic E-state index is 4.31. The molecule has 2 aliphatic rings. The van der Waals surface area contributed by atoms with Gasteiger partial charge in [0.25, 0.3) is 0 Å². The molecule has 1 aromatic heterocycles. The van der Waals surface area contributed by atoms with Gasteiger partial charge in [0.1, 0.15) is 0 Å². The molecule has 1 fully saturated rings. The van der Waals surface area contributed by atoms with Crippen LogP contribution in [-0.4, -0.2) is 22.4 Å². The van der Waals surface area contributed by atoms with Crippen LogP contribution < -0.4 is 4.90 Å². The highest BCUT2D eigenvalue weighted by molar-refractivity contribution is 5.69. The summed E-state index contributed by atoms with van der Waals surface area (Å²) in [6.45, 7) is 5.86. The first-order valence-corrected chi connectivity index (χ1v) is 8.50. The van der Waals surface area contributed by atoms with Crippen molar-refractivity contribution in [3.8, 4) is 11.1 Å². The van der Waals surface area contributed by atoms with Crippen LogP contribution in [0.25, 0.3) is 11.1 Å². The molecule has 0 saturated heterocycles. The number of anilines is 1. The fraction of sp³-hybridized carbons (Fsp3) is 0.526. The van der Waals surface area contributed by atoms with Crippen LogP contribution in [0.2, 0.25) is 0 Å². The second-order valence-electron chi connectivity index (χ2n) is 7.29. The molecule has 4 rings (SSSR count). The summed E-state index contributed by atoms with van der Waals surface area (Å²) in [5.41, 5.74) is 5.49. The lowest BCUT2D eigenvalue weighted by molar-refractivity contribution is 0.422. The van der Waals surface area contributed by atoms with Crippen LogP contribution in [0.4, 0.5) is 5.69 Å². The third kappa shape index (κ3) is 2.43. The minimum absolute atomic E-state index is 0.574. The lowest BCUT2D eigenvalue weighted by Gasteiger charge is -2.39. The first-order chi connectivity index (χ1) is 10.6. The summed E-state index contributed by atoms with van der Waals surface area (Å²) >= 11 is 0. The van der Waals surface area contributed by atoms with Gasteiger partial charge in [-0.2, -0.15) is 5.10 Å². The van der Waals surface area contributed by atoms with Crippen LogP contribution in [0.3, 0.4) is 0 Å². The van der Waals surface area contributed by atoms with Crippen molar-refractivity contribution in [2.45, 2.75) is 39.2 Å². The molecule has 0 bridgehead atoms. The molecule has 1 unspecified atom stereocenters. The van der Waals surface area contributed by atoms with Crippen LogP contribution in [-0.2, 0) is 13.5 Å². The number of nitrogens with zero attached hydrogens (tertiary/aromatic N) is 3. The maximum Gasteiger partial charge on any atom is 0.0568 e. The fourth-order valence-electron chi connectivity index (χ4n) is 3.85. The van der Waals surface area contributed by atoms with Crippen molar-refractivity contribution >= 4 is 5.69 Å². The largest absolute Gasteiger partial charge is 0.369 e. The van der Waals surface area contributed by atoms with Gasteiger partial charge in [-0.15, -0.1) is 0 Å². The maximum absolute atomic E-state index is 4.31. The molecule has 22 heavy (non-hydrogen) atoms. The minimum atomic E-state index is 0.574. The van der Waals surface area contributed by atoms with E-state index in [2.05, 4.69) is 48.2 Å². The monoisotopic (exact) mass is 295 g/mol. The Balaban J connectivity index is 1.72. The Morgan fingerprint density at radius 1 is 1.14 bits per heavy atom. The molecular weight excluding hydrogens is 270 g/mol. The second kappa shape index (κ2) is 5.15. The molecule has 116 valence electrons. The smallest absolute Gasteiger partial charge is 0.0568 e. The van der Waals surface area contributed by atoms with Crippen molar-refractivity contribution in [2.24, 2.45) is 18.9 Å². The molecule has 3 nitrogen and oxygen atoms in total. The van der Waals surface area contributed by atoms with Gasteiger partial charge in [-0.1, -0.05) is 6.07 Å². The predicted octanol–water partition coefficient (Wildman–Crippen LogP) is 3.88. The van der Waals surface area contributed by atoms with E-state index in [0.29, 0.717) is 6.04 Å². The summed E-state index contributed by atoms with van der Waals surface area (Å²) in [6.07, 6.45) is 8.19. The van der Waals surface area contributed by atoms with Crippen molar-refractivity contribution in [1.82, 2.24) is 9.78 Å². The Bertz CT molecular complexity index is 682. The zero-order chi connectivity index (χ0) is 15.3. The molecule has 1 aliphatic heterocycles. The van der Waals surface area contributed by atoms with E-state index in [1.807, 2.05) is 17.9 Å². The zero-order valence-corrected chi connectivity index (χ0v) is 13.8. The van der Waals surface area contributed by atoms with Gasteiger partial charge in [0.05, 0.1) is 6.20 Å². The van der Waals surface area contributed by atoms with Crippen LogP contribution in [0.15, 0.2) is 30.6 Å². The Kier molecular flexibility index (Phi) is 3.24. The predicted molar refractivity (Wildman–Crippen MR) is 91.0 cm³/mol. The van der Waals surface area contributed by atoms with Gasteiger partial charge in [-0.25, -0.2) is 0 Å². The average Bonchev–Trinajstić information content (AvgIpc) is 3.27. The Hall–Kier alpha value is -1.77. The molecule has 2 heterocycles. The standard InChI is InChI=1S/C19H25N3/c1-13(2)22-12-17(14-4-5-14)9-16-8-15(6-7-19(16)22)18-10-20-21(3)11-18/h6-8,10-11,13-14,17H,4-5,9,12H2,1-3H3. The van der Waals surface area contributed by atoms with Gasteiger partial charge < -0.3 is 4.90 Å². The normalized spacial score (nSPS) is 21.3. The van der Waals surface area contributed by atoms with E-state index in [1.165, 1.54) is 48.2 Å². The van der Waals surface area contributed by atoms with Gasteiger partial charge in [0.2, 0.25) is 0 Å². The van der Waals surface area contributed by atoms with E-state index in [1.54, 1.807) is 0 Å². The lowest BCUT2D eigenvalue weighted by atomic mass is 9.87. The van der Waals surface area contributed by atoms with Crippen molar-refractivity contribution in [3.63, 3.8) is 0 Å². The molecular formula is C19H25N3. The molecule has 2 aromatic rings. The number of hydrogen-bond acceptors (Lipinski definition) is 2. The first-order valence-electron chi connectivity index (χ1n) is 8.50. The molecule has 1 saturated carbocycles. The third-order valence-electron chi connectivity index (χ3n) is 5.25. The number of aromatic nitrogens is 2. The average molecular weight is 295 g/mol. The fourth-order valence-corrected chi connectivity index (χ4v) is 3.85. The van der Waals surface area contributed by atoms with E-state index in [4.69, 9.17) is 0 Å². The summed E-state index contributed by atoms with van der Waals surface area (Å²) in [5, 5.41) is 4.31. The highest BCUT2D eigenvalue weighted by Gasteiger charge is 2.36. The van der Waals surface area contributed by atoms with Gasteiger partial charge in [-0.3, -0.25) is 4.68 Å². The molecule has 1 aliphatic carbocycles. The van der Waals surface area contributed by atoms with Crippen LogP contribution in [0, 0.1) is 11.8 Å². The number of hydrogen-bond donors (Lipinski definition) is 0. The summed E-state index contributed by atoms with van der Waals surface area (Å²) in [5.74, 6) is 1.82. The number of rotatable bonds is 3. The number of aryl methyl sites for hydroxylation is 1. The lowest BCUT2D eigenvalue weighted by Crippen LogP contribution is -2.40. The molecule has 1 aromatic carbocycles. The van der Waals surface area contributed by atoms with E-state index in [0.717, 1.165) is 11.8 Å². The van der Waals surface area contributed by atoms with Crippen molar-refractivity contribution in [1.29, 1.82) is 0 Å². The van der Waals surface area contributed by atoms with E-state index in [-0.39, 0.29) is 0 Å². The molecule has 0 radical (unpaired) electrons. The molecule has 0 spiro atoms. The Morgan fingerprint density at radius 3 is 2.59 bits per heavy atom. The van der Waals surface area contributed by atoms with Gasteiger partial charge in [0, 0.05) is 37.1 Å². The highest BCUT2D eigenvalue weighted by Crippen LogP contribution is 2.44. The van der Waals surface area contributed by atoms with Crippen LogP contribution in [0.5, 0.6) is 0 Å². The molecule has 3 heteroatoms. The zero-order valence-electron chi connectivity index (χ0n) is 13.8. The second-order valence-corrected chi connectivity index (χ2v) is 7.29. The summed E-state index contributed by atoms with van der Waals surface area (Å²) in [7, 11) is 1.98. The quantitative estimate of drug-likeness (QED) is 0.856. The topological polar surface area (TPSA) is 21.1 Å². The SMILES string of the molecule is CC(C)N1CC(C2CC2)Cc2cc(-c3cnn(C)c3)ccc21. The molecule has 1 atom stereocenters. The summed E-state index contributed by atoms with van der Waals surface area (Å²) in [4.78, 5) is 2.61. The van der Waals surface area contributed by atoms with Crippen LogP contribution >= 0.6 is 0 Å². The van der Waals surface area contributed by atoms with Crippen LogP contribution in [0.1, 0.15) is 32.3 Å². The highest BCUT2D eigenvalue weighted by atomic mass is 15.2. The summed E-state index contributed by atoms with van der Waals surface area (Å²) in [6, 6.07) is 7.55. The van der Waals surface area contributed by atoms with E-state index in [9.17, 15) is 0 Å². The van der Waals surface area contributed by atoms with Gasteiger partial charge >= 0.3 is 0 Å². The Labute approximate surface area is 132 Å². The van der Waals surface area contributed by atoms with Gasteiger partial charge in [-0.05, 0) is 68.2 Å². The van der Waals surface area contributed by atoms with Crippen molar-refractivity contribution in [2.75, 3.05) is 11.4 Å². The number of benzene rings is 1. The third-order valence-corrected chi connectivity index (χ3v) is 5.25. The van der Waals surface area contributed by atoms with Crippen molar-refractivity contribution in [3.05, 3.63) is 36.2 Å². The Morgan fingerprint density at radius 2 is 1.95 bits per heavy atom.